The van der Waals surface area contributed by atoms with Crippen molar-refractivity contribution < 1.29 is 0 Å². The van der Waals surface area contributed by atoms with Gasteiger partial charge in [-0.25, -0.2) is 0 Å². The second-order valence-electron chi connectivity index (χ2n) is 5.78. The van der Waals surface area contributed by atoms with Gasteiger partial charge < -0.3 is 11.1 Å². The molecule has 1 aliphatic carbocycles. The predicted molar refractivity (Wildman–Crippen MR) is 88.2 cm³/mol. The molecule has 1 fully saturated rings. The van der Waals surface area contributed by atoms with Gasteiger partial charge in [0, 0.05) is 12.5 Å². The molecule has 0 atom stereocenters. The van der Waals surface area contributed by atoms with Crippen LogP contribution < -0.4 is 11.1 Å². The Bertz CT molecular complexity index is 650. The van der Waals surface area contributed by atoms with Crippen molar-refractivity contribution in [1.29, 1.82) is 5.26 Å². The molecule has 1 aliphatic rings. The third-order valence-electron chi connectivity index (χ3n) is 4.36. The first kappa shape index (κ1) is 14.2. The Kier molecular flexibility index (Phi) is 4.26. The minimum absolute atomic E-state index is 0.485. The molecule has 110 valence electrons. The molecule has 0 unspecified atom stereocenters. The van der Waals surface area contributed by atoms with Crippen LogP contribution in [0.15, 0.2) is 17.6 Å². The van der Waals surface area contributed by atoms with Crippen molar-refractivity contribution in [2.45, 2.75) is 44.6 Å². The lowest BCUT2D eigenvalue weighted by molar-refractivity contribution is 0.323. The largest absolute Gasteiger partial charge is 0.396 e. The van der Waals surface area contributed by atoms with Crippen LogP contribution in [-0.2, 0) is 0 Å². The van der Waals surface area contributed by atoms with E-state index in [0.717, 1.165) is 46.8 Å². The quantitative estimate of drug-likeness (QED) is 0.889. The number of aromatic nitrogens is 1. The zero-order valence-electron chi connectivity index (χ0n) is 12.0. The molecule has 4 nitrogen and oxygen atoms in total. The molecular weight excluding hydrogens is 280 g/mol. The number of hydrogen-bond acceptors (Lipinski definition) is 5. The van der Waals surface area contributed by atoms with Gasteiger partial charge in [-0.05, 0) is 49.5 Å². The van der Waals surface area contributed by atoms with E-state index in [1.807, 2.05) is 6.07 Å². The fourth-order valence-electron chi connectivity index (χ4n) is 3.14. The summed E-state index contributed by atoms with van der Waals surface area (Å²) in [5, 5.41) is 14.4. The van der Waals surface area contributed by atoms with Gasteiger partial charge in [-0.15, -0.1) is 11.3 Å². The summed E-state index contributed by atoms with van der Waals surface area (Å²) in [6.45, 7) is 0. The van der Waals surface area contributed by atoms with Gasteiger partial charge in [0.2, 0.25) is 0 Å². The molecule has 0 aromatic carbocycles. The molecule has 1 saturated carbocycles. The van der Waals surface area contributed by atoms with E-state index in [2.05, 4.69) is 21.8 Å². The number of rotatable bonds is 4. The van der Waals surface area contributed by atoms with Crippen molar-refractivity contribution in [3.05, 3.63) is 17.6 Å². The monoisotopic (exact) mass is 300 g/mol. The minimum Gasteiger partial charge on any atom is -0.396 e. The van der Waals surface area contributed by atoms with Gasteiger partial charge >= 0.3 is 0 Å². The van der Waals surface area contributed by atoms with Crippen LogP contribution in [0.2, 0.25) is 0 Å². The Morgan fingerprint density at radius 3 is 2.95 bits per heavy atom. The summed E-state index contributed by atoms with van der Waals surface area (Å²) < 4.78 is 1.15. The summed E-state index contributed by atoms with van der Waals surface area (Å²) in [6, 6.07) is 4.77. The lowest BCUT2D eigenvalue weighted by atomic mass is 9.83. The standard InChI is InChI=1S/C16H20N4S/c17-8-1-2-11-3-5-12(6-4-11)20-15-13(18)10-19-14-7-9-21-16(14)15/h7,9-12H,1-6,18H2,(H,19,20). The predicted octanol–water partition coefficient (Wildman–Crippen LogP) is 4.15. The molecular formula is C16H20N4S. The number of nitrogens with two attached hydrogens (primary N) is 1. The van der Waals surface area contributed by atoms with Crippen molar-refractivity contribution in [1.82, 2.24) is 4.98 Å². The molecule has 2 aromatic rings. The molecule has 0 spiro atoms. The molecule has 2 aromatic heterocycles. The number of nitrogens with one attached hydrogen (secondary N) is 1. The number of anilines is 2. The minimum atomic E-state index is 0.485. The zero-order valence-corrected chi connectivity index (χ0v) is 12.8. The van der Waals surface area contributed by atoms with Crippen molar-refractivity contribution in [3.63, 3.8) is 0 Å². The Balaban J connectivity index is 1.66. The Labute approximate surface area is 129 Å². The van der Waals surface area contributed by atoms with Crippen LogP contribution in [0.1, 0.15) is 38.5 Å². The highest BCUT2D eigenvalue weighted by atomic mass is 32.1. The molecule has 0 radical (unpaired) electrons. The second kappa shape index (κ2) is 6.31. The average Bonchev–Trinajstić information content (AvgIpc) is 2.98. The van der Waals surface area contributed by atoms with Crippen LogP contribution in [0.25, 0.3) is 10.2 Å². The second-order valence-corrected chi connectivity index (χ2v) is 6.70. The average molecular weight is 300 g/mol. The van der Waals surface area contributed by atoms with Crippen LogP contribution in [-0.4, -0.2) is 11.0 Å². The van der Waals surface area contributed by atoms with E-state index in [9.17, 15) is 0 Å². The van der Waals surface area contributed by atoms with Gasteiger partial charge in [0.05, 0.1) is 33.9 Å². The number of thiophene rings is 1. The molecule has 5 heteroatoms. The number of nitrogen functional groups attached to an aromatic ring is 1. The van der Waals surface area contributed by atoms with E-state index in [4.69, 9.17) is 11.0 Å². The van der Waals surface area contributed by atoms with Crippen molar-refractivity contribution in [3.8, 4) is 6.07 Å². The summed E-state index contributed by atoms with van der Waals surface area (Å²) in [5.74, 6) is 0.722. The fraction of sp³-hybridized carbons (Fsp3) is 0.500. The van der Waals surface area contributed by atoms with E-state index < -0.39 is 0 Å². The number of hydrogen-bond donors (Lipinski definition) is 2. The number of fused-ring (bicyclic) bond motifs is 1. The third kappa shape index (κ3) is 3.11. The van der Waals surface area contributed by atoms with Crippen LogP contribution in [0, 0.1) is 17.2 Å². The Morgan fingerprint density at radius 1 is 1.38 bits per heavy atom. The van der Waals surface area contributed by atoms with Crippen LogP contribution in [0.5, 0.6) is 0 Å². The molecule has 0 bridgehead atoms. The van der Waals surface area contributed by atoms with E-state index >= 15 is 0 Å². The molecule has 0 aliphatic heterocycles. The van der Waals surface area contributed by atoms with Gasteiger partial charge in [0.15, 0.2) is 0 Å². The topological polar surface area (TPSA) is 74.7 Å². The summed E-state index contributed by atoms with van der Waals surface area (Å²) in [5.41, 5.74) is 8.90. The maximum Gasteiger partial charge on any atom is 0.0832 e. The van der Waals surface area contributed by atoms with E-state index in [1.54, 1.807) is 17.5 Å². The smallest absolute Gasteiger partial charge is 0.0832 e. The Morgan fingerprint density at radius 2 is 2.19 bits per heavy atom. The lowest BCUT2D eigenvalue weighted by Gasteiger charge is -2.29. The summed E-state index contributed by atoms with van der Waals surface area (Å²) in [7, 11) is 0. The molecule has 2 heterocycles. The van der Waals surface area contributed by atoms with Crippen LogP contribution in [0.3, 0.4) is 0 Å². The Hall–Kier alpha value is -1.80. The molecule has 3 rings (SSSR count). The van der Waals surface area contributed by atoms with E-state index in [-0.39, 0.29) is 0 Å². The third-order valence-corrected chi connectivity index (χ3v) is 5.28. The first-order valence-electron chi connectivity index (χ1n) is 7.53. The van der Waals surface area contributed by atoms with Crippen LogP contribution >= 0.6 is 11.3 Å². The fourth-order valence-corrected chi connectivity index (χ4v) is 4.01. The molecule has 0 amide bonds. The van der Waals surface area contributed by atoms with Crippen molar-refractivity contribution in [2.75, 3.05) is 11.1 Å². The van der Waals surface area contributed by atoms with Gasteiger partial charge in [-0.2, -0.15) is 5.26 Å². The molecule has 0 saturated heterocycles. The molecule has 21 heavy (non-hydrogen) atoms. The lowest BCUT2D eigenvalue weighted by Crippen LogP contribution is -2.26. The highest BCUT2D eigenvalue weighted by Crippen LogP contribution is 2.35. The maximum absolute atomic E-state index is 8.67. The number of nitrogens with zero attached hydrogens (tertiary/aromatic N) is 2. The van der Waals surface area contributed by atoms with E-state index in [0.29, 0.717) is 12.5 Å². The first-order valence-corrected chi connectivity index (χ1v) is 8.41. The highest BCUT2D eigenvalue weighted by molar-refractivity contribution is 7.17. The van der Waals surface area contributed by atoms with Gasteiger partial charge in [0.25, 0.3) is 0 Å². The van der Waals surface area contributed by atoms with Gasteiger partial charge in [-0.1, -0.05) is 0 Å². The first-order chi connectivity index (χ1) is 10.3. The summed E-state index contributed by atoms with van der Waals surface area (Å²) in [4.78, 5) is 4.36. The normalized spacial score (nSPS) is 22.0. The zero-order chi connectivity index (χ0) is 14.7. The van der Waals surface area contributed by atoms with Crippen molar-refractivity contribution in [2.24, 2.45) is 5.92 Å². The van der Waals surface area contributed by atoms with E-state index in [1.165, 1.54) is 12.8 Å². The molecule has 3 N–H and O–H groups in total. The SMILES string of the molecule is N#CCCC1CCC(Nc2c(N)cnc3ccsc23)CC1. The maximum atomic E-state index is 8.67. The summed E-state index contributed by atoms with van der Waals surface area (Å²) >= 11 is 1.69. The number of pyridine rings is 1. The van der Waals surface area contributed by atoms with Gasteiger partial charge in [0.1, 0.15) is 0 Å². The highest BCUT2D eigenvalue weighted by Gasteiger charge is 2.22. The summed E-state index contributed by atoms with van der Waals surface area (Å²) in [6.07, 6.45) is 8.22. The van der Waals surface area contributed by atoms with Crippen LogP contribution in [0.4, 0.5) is 11.4 Å². The van der Waals surface area contributed by atoms with Gasteiger partial charge in [-0.3, -0.25) is 4.98 Å². The van der Waals surface area contributed by atoms with Crippen molar-refractivity contribution >= 4 is 32.9 Å². The number of nitriles is 1.